The van der Waals surface area contributed by atoms with E-state index in [1.165, 1.54) is 12.8 Å². The Morgan fingerprint density at radius 3 is 2.88 bits per heavy atom. The molecule has 3 atom stereocenters. The van der Waals surface area contributed by atoms with E-state index >= 15 is 0 Å². The van der Waals surface area contributed by atoms with Crippen LogP contribution in [0.25, 0.3) is 0 Å². The molecule has 16 heavy (non-hydrogen) atoms. The summed E-state index contributed by atoms with van der Waals surface area (Å²) in [6.07, 6.45) is 3.21. The Balaban J connectivity index is 1.83. The summed E-state index contributed by atoms with van der Waals surface area (Å²) in [6, 6.07) is 0.477. The van der Waals surface area contributed by atoms with Crippen LogP contribution >= 0.6 is 0 Å². The van der Waals surface area contributed by atoms with E-state index in [1.807, 2.05) is 11.9 Å². The summed E-state index contributed by atoms with van der Waals surface area (Å²) in [4.78, 5) is 13.9. The van der Waals surface area contributed by atoms with E-state index in [1.54, 1.807) is 0 Å². The van der Waals surface area contributed by atoms with Gasteiger partial charge in [0.05, 0.1) is 0 Å². The van der Waals surface area contributed by atoms with Crippen LogP contribution in [0.2, 0.25) is 0 Å². The first-order valence-corrected chi connectivity index (χ1v) is 6.28. The first kappa shape index (κ1) is 11.9. The van der Waals surface area contributed by atoms with Crippen LogP contribution in [-0.4, -0.2) is 49.7 Å². The lowest BCUT2D eigenvalue weighted by Crippen LogP contribution is -2.44. The van der Waals surface area contributed by atoms with Gasteiger partial charge in [0.15, 0.2) is 0 Å². The minimum absolute atomic E-state index is 0.152. The topological polar surface area (TPSA) is 41.6 Å². The van der Waals surface area contributed by atoms with Gasteiger partial charge in [0, 0.05) is 26.2 Å². The van der Waals surface area contributed by atoms with Gasteiger partial charge in [-0.15, -0.1) is 0 Å². The minimum Gasteiger partial charge on any atom is -0.368 e. The number of rotatable bonds is 3. The van der Waals surface area contributed by atoms with E-state index in [-0.39, 0.29) is 12.0 Å². The quantitative estimate of drug-likeness (QED) is 0.767. The van der Waals surface area contributed by atoms with Crippen LogP contribution in [0, 0.1) is 5.92 Å². The minimum atomic E-state index is -0.202. The highest BCUT2D eigenvalue weighted by Crippen LogP contribution is 2.21. The molecule has 4 nitrogen and oxygen atoms in total. The van der Waals surface area contributed by atoms with Crippen LogP contribution in [-0.2, 0) is 9.53 Å². The smallest absolute Gasteiger partial charge is 0.251 e. The number of likely N-dealkylation sites (N-methyl/N-ethyl adjacent to an activating group) is 1. The zero-order valence-electron chi connectivity index (χ0n) is 10.2. The molecule has 92 valence electrons. The molecule has 2 saturated heterocycles. The lowest BCUT2D eigenvalue weighted by molar-refractivity contribution is -0.141. The summed E-state index contributed by atoms with van der Waals surface area (Å²) < 4.78 is 5.50. The van der Waals surface area contributed by atoms with Gasteiger partial charge in [-0.25, -0.2) is 0 Å². The Kier molecular flexibility index (Phi) is 3.82. The molecule has 0 saturated carbocycles. The van der Waals surface area contributed by atoms with E-state index in [0.717, 1.165) is 26.1 Å². The van der Waals surface area contributed by atoms with Gasteiger partial charge in [0.25, 0.3) is 5.91 Å². The van der Waals surface area contributed by atoms with Crippen molar-refractivity contribution in [3.63, 3.8) is 0 Å². The molecule has 1 amide bonds. The van der Waals surface area contributed by atoms with Gasteiger partial charge >= 0.3 is 0 Å². The maximum absolute atomic E-state index is 12.1. The zero-order valence-corrected chi connectivity index (χ0v) is 10.2. The van der Waals surface area contributed by atoms with Crippen molar-refractivity contribution in [2.75, 3.05) is 26.7 Å². The van der Waals surface area contributed by atoms with Crippen LogP contribution in [0.4, 0.5) is 0 Å². The van der Waals surface area contributed by atoms with Gasteiger partial charge in [0.2, 0.25) is 0 Å². The Morgan fingerprint density at radius 2 is 2.31 bits per heavy atom. The molecule has 0 aromatic rings. The second-order valence-corrected chi connectivity index (χ2v) is 5.07. The Hall–Kier alpha value is -0.610. The maximum atomic E-state index is 12.1. The predicted octanol–water partition coefficient (Wildman–Crippen LogP) is 0.622. The summed E-state index contributed by atoms with van der Waals surface area (Å²) in [5, 5.41) is 3.41. The molecule has 2 fully saturated rings. The van der Waals surface area contributed by atoms with E-state index in [2.05, 4.69) is 12.2 Å². The van der Waals surface area contributed by atoms with Crippen LogP contribution in [0.1, 0.15) is 26.2 Å². The maximum Gasteiger partial charge on any atom is 0.251 e. The summed E-state index contributed by atoms with van der Waals surface area (Å²) in [7, 11) is 1.89. The predicted molar refractivity (Wildman–Crippen MR) is 62.2 cm³/mol. The Labute approximate surface area is 97.3 Å². The van der Waals surface area contributed by atoms with Gasteiger partial charge in [-0.05, 0) is 31.7 Å². The highest BCUT2D eigenvalue weighted by atomic mass is 16.5. The van der Waals surface area contributed by atoms with Crippen LogP contribution in [0.3, 0.4) is 0 Å². The summed E-state index contributed by atoms with van der Waals surface area (Å²) in [5.74, 6) is 0.519. The molecular weight excluding hydrogens is 204 g/mol. The average molecular weight is 226 g/mol. The molecule has 0 radical (unpaired) electrons. The summed E-state index contributed by atoms with van der Waals surface area (Å²) >= 11 is 0. The lowest BCUT2D eigenvalue weighted by atomic mass is 10.0. The second-order valence-electron chi connectivity index (χ2n) is 5.07. The fraction of sp³-hybridized carbons (Fsp3) is 0.917. The molecule has 2 rings (SSSR count). The third-order valence-electron chi connectivity index (χ3n) is 3.66. The standard InChI is InChI=1S/C12H22N2O2/c1-9-5-7-16-11(9)12(15)14(2)8-10-4-3-6-13-10/h9-11,13H,3-8H2,1-2H3. The van der Waals surface area contributed by atoms with E-state index < -0.39 is 0 Å². The van der Waals surface area contributed by atoms with Crippen molar-refractivity contribution in [1.82, 2.24) is 10.2 Å². The van der Waals surface area contributed by atoms with Crippen molar-refractivity contribution >= 4 is 5.91 Å². The van der Waals surface area contributed by atoms with Crippen molar-refractivity contribution in [1.29, 1.82) is 0 Å². The number of nitrogens with zero attached hydrogens (tertiary/aromatic N) is 1. The molecule has 0 aromatic carbocycles. The highest BCUT2D eigenvalue weighted by Gasteiger charge is 2.33. The van der Waals surface area contributed by atoms with Crippen molar-refractivity contribution in [3.8, 4) is 0 Å². The number of nitrogens with one attached hydrogen (secondary N) is 1. The first-order valence-electron chi connectivity index (χ1n) is 6.28. The van der Waals surface area contributed by atoms with Gasteiger partial charge in [-0.1, -0.05) is 6.92 Å². The molecule has 0 aromatic heterocycles. The van der Waals surface area contributed by atoms with Crippen molar-refractivity contribution in [2.45, 2.75) is 38.3 Å². The molecular formula is C12H22N2O2. The van der Waals surface area contributed by atoms with Crippen LogP contribution in [0.5, 0.6) is 0 Å². The van der Waals surface area contributed by atoms with Crippen molar-refractivity contribution < 1.29 is 9.53 Å². The van der Waals surface area contributed by atoms with Gasteiger partial charge < -0.3 is 15.0 Å². The third kappa shape index (κ3) is 2.55. The van der Waals surface area contributed by atoms with Gasteiger partial charge in [0.1, 0.15) is 6.10 Å². The summed E-state index contributed by atoms with van der Waals surface area (Å²) in [5.41, 5.74) is 0. The van der Waals surface area contributed by atoms with E-state index in [0.29, 0.717) is 12.0 Å². The van der Waals surface area contributed by atoms with Crippen LogP contribution in [0.15, 0.2) is 0 Å². The molecule has 2 heterocycles. The Morgan fingerprint density at radius 1 is 1.50 bits per heavy atom. The number of carbonyl (C=O) groups is 1. The number of carbonyl (C=O) groups excluding carboxylic acids is 1. The first-order chi connectivity index (χ1) is 7.68. The molecule has 0 aliphatic carbocycles. The zero-order chi connectivity index (χ0) is 11.5. The normalized spacial score (nSPS) is 34.2. The molecule has 1 N–H and O–H groups in total. The van der Waals surface area contributed by atoms with Crippen molar-refractivity contribution in [2.24, 2.45) is 5.92 Å². The average Bonchev–Trinajstić information content (AvgIpc) is 2.88. The fourth-order valence-corrected chi connectivity index (χ4v) is 2.56. The second kappa shape index (κ2) is 5.15. The van der Waals surface area contributed by atoms with Crippen molar-refractivity contribution in [3.05, 3.63) is 0 Å². The molecule has 3 unspecified atom stereocenters. The van der Waals surface area contributed by atoms with Gasteiger partial charge in [-0.2, -0.15) is 0 Å². The number of hydrogen-bond donors (Lipinski definition) is 1. The monoisotopic (exact) mass is 226 g/mol. The van der Waals surface area contributed by atoms with E-state index in [4.69, 9.17) is 4.74 Å². The molecule has 2 aliphatic heterocycles. The Bertz CT molecular complexity index is 251. The highest BCUT2D eigenvalue weighted by molar-refractivity contribution is 5.81. The van der Waals surface area contributed by atoms with Crippen LogP contribution < -0.4 is 5.32 Å². The largest absolute Gasteiger partial charge is 0.368 e. The molecule has 0 bridgehead atoms. The number of ether oxygens (including phenoxy) is 1. The van der Waals surface area contributed by atoms with Gasteiger partial charge in [-0.3, -0.25) is 4.79 Å². The molecule has 0 spiro atoms. The lowest BCUT2D eigenvalue weighted by Gasteiger charge is -2.25. The van der Waals surface area contributed by atoms with E-state index in [9.17, 15) is 4.79 Å². The number of hydrogen-bond acceptors (Lipinski definition) is 3. The number of amides is 1. The molecule has 2 aliphatic rings. The fourth-order valence-electron chi connectivity index (χ4n) is 2.56. The summed E-state index contributed by atoms with van der Waals surface area (Å²) in [6.45, 7) is 4.72. The third-order valence-corrected chi connectivity index (χ3v) is 3.66. The SMILES string of the molecule is CC1CCOC1C(=O)N(C)CC1CCCN1. The molecule has 4 heteroatoms.